The van der Waals surface area contributed by atoms with Crippen molar-refractivity contribution in [3.63, 3.8) is 0 Å². The van der Waals surface area contributed by atoms with E-state index < -0.39 is 17.6 Å². The third-order valence-corrected chi connectivity index (χ3v) is 6.19. The Labute approximate surface area is 197 Å². The zero-order valence-electron chi connectivity index (χ0n) is 18.3. The number of alkyl halides is 3. The zero-order valence-corrected chi connectivity index (χ0v) is 19.1. The summed E-state index contributed by atoms with van der Waals surface area (Å²) in [6.45, 7) is 0.854. The molecule has 1 aromatic carbocycles. The van der Waals surface area contributed by atoms with Gasteiger partial charge in [-0.15, -0.1) is 10.2 Å². The number of aromatic nitrogens is 3. The fraction of sp³-hybridized carbons (Fsp3) is 0.409. The minimum Gasteiger partial charge on any atom is -0.453 e. The minimum absolute atomic E-state index is 0.0556. The Bertz CT molecular complexity index is 1130. The maximum absolute atomic E-state index is 13.3. The van der Waals surface area contributed by atoms with E-state index >= 15 is 0 Å². The number of hydrogen-bond donors (Lipinski definition) is 1. The number of furan rings is 1. The molecule has 2 aromatic heterocycles. The second-order valence-electron chi connectivity index (χ2n) is 7.61. The number of nitrogens with zero attached hydrogens (tertiary/aromatic N) is 3. The van der Waals surface area contributed by atoms with E-state index in [1.54, 1.807) is 12.1 Å². The van der Waals surface area contributed by atoms with Crippen LogP contribution in [0.25, 0.3) is 5.69 Å². The fourth-order valence-corrected chi connectivity index (χ4v) is 4.53. The van der Waals surface area contributed by atoms with Gasteiger partial charge in [-0.3, -0.25) is 9.36 Å². The number of ether oxygens (including phenoxy) is 2. The van der Waals surface area contributed by atoms with Crippen molar-refractivity contribution in [1.29, 1.82) is 0 Å². The summed E-state index contributed by atoms with van der Waals surface area (Å²) >= 11 is 1.35. The number of carbonyl (C=O) groups excluding carboxylic acids is 1. The molecule has 1 aliphatic heterocycles. The maximum Gasteiger partial charge on any atom is 0.416 e. The lowest BCUT2D eigenvalue weighted by Crippen LogP contribution is -2.24. The Morgan fingerprint density at radius 2 is 2.15 bits per heavy atom. The molecule has 12 heteroatoms. The first-order valence-corrected chi connectivity index (χ1v) is 11.6. The molecule has 8 nitrogen and oxygen atoms in total. The summed E-state index contributed by atoms with van der Waals surface area (Å²) in [5, 5.41) is 11.4. The number of benzene rings is 1. The highest BCUT2D eigenvalue weighted by molar-refractivity contribution is 7.99. The Morgan fingerprint density at radius 1 is 1.29 bits per heavy atom. The number of amides is 1. The summed E-state index contributed by atoms with van der Waals surface area (Å²) in [6, 6.07) is 8.06. The summed E-state index contributed by atoms with van der Waals surface area (Å²) in [4.78, 5) is 12.5. The molecule has 0 saturated carbocycles. The van der Waals surface area contributed by atoms with Crippen molar-refractivity contribution in [2.45, 2.75) is 43.4 Å². The van der Waals surface area contributed by atoms with Gasteiger partial charge in [-0.05, 0) is 43.2 Å². The molecule has 182 valence electrons. The number of methoxy groups -OCH3 is 1. The number of nitrogens with one attached hydrogen (secondary N) is 1. The third kappa shape index (κ3) is 5.80. The van der Waals surface area contributed by atoms with E-state index in [9.17, 15) is 18.0 Å². The molecule has 0 radical (unpaired) electrons. The Kier molecular flexibility index (Phi) is 7.59. The van der Waals surface area contributed by atoms with Crippen LogP contribution in [0.2, 0.25) is 0 Å². The van der Waals surface area contributed by atoms with Crippen molar-refractivity contribution in [1.82, 2.24) is 20.1 Å². The molecule has 3 heterocycles. The molecular formula is C22H23F3N4O4S. The van der Waals surface area contributed by atoms with E-state index in [0.717, 1.165) is 25.0 Å². The summed E-state index contributed by atoms with van der Waals surface area (Å²) < 4.78 is 57.5. The first kappa shape index (κ1) is 24.3. The highest BCUT2D eigenvalue weighted by Crippen LogP contribution is 2.32. The largest absolute Gasteiger partial charge is 0.453 e. The Morgan fingerprint density at radius 3 is 2.88 bits per heavy atom. The zero-order chi connectivity index (χ0) is 24.1. The first-order valence-electron chi connectivity index (χ1n) is 10.6. The number of carbonyl (C=O) groups is 1. The van der Waals surface area contributed by atoms with Gasteiger partial charge in [0.15, 0.2) is 16.7 Å². The Balaban J connectivity index is 1.56. The molecule has 34 heavy (non-hydrogen) atoms. The van der Waals surface area contributed by atoms with Crippen molar-refractivity contribution in [2.75, 3.05) is 19.5 Å². The van der Waals surface area contributed by atoms with Crippen LogP contribution in [0.15, 0.2) is 46.0 Å². The SMILES string of the molecule is COCc1ccc(C(=O)NCc2nnc(SCC3CCCO3)n2-c2cccc(C(F)(F)F)c2)o1. The van der Waals surface area contributed by atoms with Gasteiger partial charge in [0.05, 0.1) is 23.9 Å². The average molecular weight is 497 g/mol. The lowest BCUT2D eigenvalue weighted by molar-refractivity contribution is -0.137. The van der Waals surface area contributed by atoms with Crippen LogP contribution in [0.4, 0.5) is 13.2 Å². The highest BCUT2D eigenvalue weighted by atomic mass is 32.2. The van der Waals surface area contributed by atoms with Crippen molar-refractivity contribution in [3.8, 4) is 5.69 Å². The lowest BCUT2D eigenvalue weighted by Gasteiger charge is -2.14. The minimum atomic E-state index is -4.50. The molecule has 1 amide bonds. The molecule has 0 spiro atoms. The molecule has 4 rings (SSSR count). The van der Waals surface area contributed by atoms with E-state index in [1.807, 2.05) is 0 Å². The van der Waals surface area contributed by atoms with Crippen LogP contribution in [0, 0.1) is 0 Å². The molecule has 1 atom stereocenters. The highest BCUT2D eigenvalue weighted by Gasteiger charge is 2.31. The van der Waals surface area contributed by atoms with Gasteiger partial charge in [0.1, 0.15) is 12.4 Å². The van der Waals surface area contributed by atoms with Crippen molar-refractivity contribution >= 4 is 17.7 Å². The standard InChI is InChI=1S/C22H23F3N4O4S/c1-31-12-16-7-8-18(33-16)20(30)26-11-19-27-28-21(34-13-17-6-3-9-32-17)29(19)15-5-2-4-14(10-15)22(23,24)25/h2,4-5,7-8,10,17H,3,6,9,11-13H2,1H3,(H,26,30). The van der Waals surface area contributed by atoms with Crippen molar-refractivity contribution in [3.05, 3.63) is 59.3 Å². The summed E-state index contributed by atoms with van der Waals surface area (Å²) in [6.07, 6.45) is -2.55. The monoisotopic (exact) mass is 496 g/mol. The Hall–Kier alpha value is -2.83. The predicted octanol–water partition coefficient (Wildman–Crippen LogP) is 4.23. The third-order valence-electron chi connectivity index (χ3n) is 5.13. The number of rotatable bonds is 9. The molecule has 3 aromatic rings. The van der Waals surface area contributed by atoms with Crippen LogP contribution in [0.1, 0.15) is 40.5 Å². The molecule has 1 fully saturated rings. The first-order chi connectivity index (χ1) is 16.3. The van der Waals surface area contributed by atoms with Crippen LogP contribution in [0.5, 0.6) is 0 Å². The molecule has 1 unspecified atom stereocenters. The van der Waals surface area contributed by atoms with Gasteiger partial charge in [-0.2, -0.15) is 13.2 Å². The van der Waals surface area contributed by atoms with Gasteiger partial charge in [-0.25, -0.2) is 0 Å². The number of hydrogen-bond acceptors (Lipinski definition) is 7. The number of halogens is 3. The summed E-state index contributed by atoms with van der Waals surface area (Å²) in [5.74, 6) is 0.969. The summed E-state index contributed by atoms with van der Waals surface area (Å²) in [5.41, 5.74) is -0.538. The van der Waals surface area contributed by atoms with Crippen LogP contribution in [-0.4, -0.2) is 46.2 Å². The smallest absolute Gasteiger partial charge is 0.416 e. The van der Waals surface area contributed by atoms with E-state index in [4.69, 9.17) is 13.9 Å². The van der Waals surface area contributed by atoms with Gasteiger partial charge in [0.2, 0.25) is 0 Å². The second-order valence-corrected chi connectivity index (χ2v) is 8.60. The van der Waals surface area contributed by atoms with Gasteiger partial charge in [-0.1, -0.05) is 17.8 Å². The number of thioether (sulfide) groups is 1. The van der Waals surface area contributed by atoms with Crippen LogP contribution in [0.3, 0.4) is 0 Å². The average Bonchev–Trinajstić information content (AvgIpc) is 3.57. The molecular weight excluding hydrogens is 473 g/mol. The predicted molar refractivity (Wildman–Crippen MR) is 117 cm³/mol. The van der Waals surface area contributed by atoms with E-state index in [1.165, 1.54) is 35.6 Å². The van der Waals surface area contributed by atoms with Crippen LogP contribution in [-0.2, 0) is 28.8 Å². The molecule has 0 aliphatic carbocycles. The van der Waals surface area contributed by atoms with E-state index in [0.29, 0.717) is 23.3 Å². The molecule has 0 bridgehead atoms. The van der Waals surface area contributed by atoms with Crippen LogP contribution >= 0.6 is 11.8 Å². The van der Waals surface area contributed by atoms with Gasteiger partial charge < -0.3 is 19.2 Å². The lowest BCUT2D eigenvalue weighted by atomic mass is 10.2. The van der Waals surface area contributed by atoms with Gasteiger partial charge in [0, 0.05) is 19.5 Å². The van der Waals surface area contributed by atoms with Gasteiger partial charge in [0.25, 0.3) is 5.91 Å². The molecule has 1 aliphatic rings. The van der Waals surface area contributed by atoms with Crippen molar-refractivity contribution in [2.24, 2.45) is 0 Å². The quantitative estimate of drug-likeness (QED) is 0.444. The second kappa shape index (κ2) is 10.6. The van der Waals surface area contributed by atoms with Gasteiger partial charge >= 0.3 is 6.18 Å². The maximum atomic E-state index is 13.3. The van der Waals surface area contributed by atoms with E-state index in [2.05, 4.69) is 15.5 Å². The normalized spacial score (nSPS) is 16.2. The topological polar surface area (TPSA) is 91.4 Å². The fourth-order valence-electron chi connectivity index (χ4n) is 3.50. The van der Waals surface area contributed by atoms with Crippen molar-refractivity contribution < 1.29 is 31.9 Å². The molecule has 1 N–H and O–H groups in total. The summed E-state index contributed by atoms with van der Waals surface area (Å²) in [7, 11) is 1.51. The molecule has 1 saturated heterocycles. The van der Waals surface area contributed by atoms with E-state index in [-0.39, 0.29) is 36.5 Å². The van der Waals surface area contributed by atoms with Crippen LogP contribution < -0.4 is 5.32 Å².